The summed E-state index contributed by atoms with van der Waals surface area (Å²) in [7, 11) is 1.58. The SMILES string of the molecule is CCCNC(=O)N1C[C@@H](Oc2ccccc2)C[C@H]1C(=O)NCCOC. The minimum Gasteiger partial charge on any atom is -0.488 e. The molecule has 0 bridgehead atoms. The highest BCUT2D eigenvalue weighted by Gasteiger charge is 2.40. The number of hydrogen-bond donors (Lipinski definition) is 2. The Kier molecular flexibility index (Phi) is 7.53. The van der Waals surface area contributed by atoms with Gasteiger partial charge in [0.05, 0.1) is 13.2 Å². The molecule has 0 saturated carbocycles. The Hall–Kier alpha value is -2.28. The Morgan fingerprint density at radius 2 is 1.96 bits per heavy atom. The molecule has 2 atom stereocenters. The summed E-state index contributed by atoms with van der Waals surface area (Å²) in [5.41, 5.74) is 0. The van der Waals surface area contributed by atoms with Crippen molar-refractivity contribution in [1.82, 2.24) is 15.5 Å². The van der Waals surface area contributed by atoms with Gasteiger partial charge in [-0.1, -0.05) is 25.1 Å². The number of ether oxygens (including phenoxy) is 2. The molecule has 0 unspecified atom stereocenters. The van der Waals surface area contributed by atoms with Crippen LogP contribution in [0.5, 0.6) is 5.75 Å². The van der Waals surface area contributed by atoms with Crippen LogP contribution < -0.4 is 15.4 Å². The summed E-state index contributed by atoms with van der Waals surface area (Å²) >= 11 is 0. The van der Waals surface area contributed by atoms with Crippen molar-refractivity contribution in [2.75, 3.05) is 33.4 Å². The van der Waals surface area contributed by atoms with E-state index in [1.165, 1.54) is 0 Å². The quantitative estimate of drug-likeness (QED) is 0.695. The third-order valence-electron chi connectivity index (χ3n) is 4.00. The summed E-state index contributed by atoms with van der Waals surface area (Å²) in [6.07, 6.45) is 1.09. The van der Waals surface area contributed by atoms with E-state index in [0.29, 0.717) is 32.7 Å². The zero-order chi connectivity index (χ0) is 18.1. The van der Waals surface area contributed by atoms with E-state index in [9.17, 15) is 9.59 Å². The lowest BCUT2D eigenvalue weighted by molar-refractivity contribution is -0.124. The molecule has 1 aliphatic heterocycles. The van der Waals surface area contributed by atoms with E-state index < -0.39 is 6.04 Å². The van der Waals surface area contributed by atoms with Gasteiger partial charge in [0.2, 0.25) is 5.91 Å². The summed E-state index contributed by atoms with van der Waals surface area (Å²) in [5.74, 6) is 0.560. The third kappa shape index (κ3) is 5.63. The predicted molar refractivity (Wildman–Crippen MR) is 94.5 cm³/mol. The van der Waals surface area contributed by atoms with Crippen molar-refractivity contribution in [3.8, 4) is 5.75 Å². The van der Waals surface area contributed by atoms with E-state index in [4.69, 9.17) is 9.47 Å². The Morgan fingerprint density at radius 1 is 1.20 bits per heavy atom. The van der Waals surface area contributed by atoms with Gasteiger partial charge in [-0.25, -0.2) is 4.79 Å². The zero-order valence-electron chi connectivity index (χ0n) is 14.9. The molecule has 0 radical (unpaired) electrons. The van der Waals surface area contributed by atoms with Gasteiger partial charge >= 0.3 is 6.03 Å². The monoisotopic (exact) mass is 349 g/mol. The number of amides is 3. The van der Waals surface area contributed by atoms with Crippen molar-refractivity contribution in [3.05, 3.63) is 30.3 Å². The number of nitrogens with zero attached hydrogens (tertiary/aromatic N) is 1. The van der Waals surface area contributed by atoms with Gasteiger partial charge in [0.15, 0.2) is 0 Å². The summed E-state index contributed by atoms with van der Waals surface area (Å²) in [6.45, 7) is 3.80. The van der Waals surface area contributed by atoms with E-state index in [2.05, 4.69) is 10.6 Å². The summed E-state index contributed by atoms with van der Waals surface area (Å²) in [6, 6.07) is 8.67. The minimum atomic E-state index is -0.539. The zero-order valence-corrected chi connectivity index (χ0v) is 14.9. The van der Waals surface area contributed by atoms with Crippen LogP contribution in [0.1, 0.15) is 19.8 Å². The molecule has 1 aromatic carbocycles. The second kappa shape index (κ2) is 9.88. The molecule has 7 nitrogen and oxygen atoms in total. The first kappa shape index (κ1) is 19.1. The van der Waals surface area contributed by atoms with Gasteiger partial charge < -0.3 is 25.0 Å². The number of hydrogen-bond acceptors (Lipinski definition) is 4. The average Bonchev–Trinajstić information content (AvgIpc) is 3.04. The normalized spacial score (nSPS) is 19.5. The summed E-state index contributed by atoms with van der Waals surface area (Å²) in [5, 5.41) is 5.65. The van der Waals surface area contributed by atoms with Gasteiger partial charge in [0.25, 0.3) is 0 Å². The second-order valence-corrected chi connectivity index (χ2v) is 5.97. The molecule has 1 fully saturated rings. The Morgan fingerprint density at radius 3 is 2.64 bits per heavy atom. The average molecular weight is 349 g/mol. The van der Waals surface area contributed by atoms with Crippen LogP contribution in [0.4, 0.5) is 4.79 Å². The molecule has 138 valence electrons. The molecule has 3 amide bonds. The number of para-hydroxylation sites is 1. The molecule has 2 rings (SSSR count). The topological polar surface area (TPSA) is 79.9 Å². The van der Waals surface area contributed by atoms with Crippen LogP contribution in [0, 0.1) is 0 Å². The molecule has 0 aliphatic carbocycles. The Balaban J connectivity index is 2.01. The standard InChI is InChI=1S/C18H27N3O4/c1-3-9-20-18(23)21-13-15(25-14-7-5-4-6-8-14)12-16(21)17(22)19-10-11-24-2/h4-8,15-16H,3,9-13H2,1-2H3,(H,19,22)(H,20,23)/t15-,16-/m0/s1. The van der Waals surface area contributed by atoms with Gasteiger partial charge in [-0.3, -0.25) is 4.79 Å². The molecule has 0 aromatic heterocycles. The number of nitrogens with one attached hydrogen (secondary N) is 2. The minimum absolute atomic E-state index is 0.178. The molecule has 7 heteroatoms. The van der Waals surface area contributed by atoms with Gasteiger partial charge in [-0.15, -0.1) is 0 Å². The van der Waals surface area contributed by atoms with E-state index in [-0.39, 0.29) is 18.0 Å². The van der Waals surface area contributed by atoms with E-state index >= 15 is 0 Å². The van der Waals surface area contributed by atoms with Crippen molar-refractivity contribution >= 4 is 11.9 Å². The van der Waals surface area contributed by atoms with Crippen LogP contribution in [-0.2, 0) is 9.53 Å². The molecule has 1 heterocycles. The molecule has 0 spiro atoms. The smallest absolute Gasteiger partial charge is 0.318 e. The lowest BCUT2D eigenvalue weighted by Gasteiger charge is -2.23. The van der Waals surface area contributed by atoms with Crippen LogP contribution >= 0.6 is 0 Å². The van der Waals surface area contributed by atoms with Crippen LogP contribution in [0.3, 0.4) is 0 Å². The Labute approximate surface area is 148 Å². The number of carbonyl (C=O) groups excluding carboxylic acids is 2. The Bertz CT molecular complexity index is 553. The summed E-state index contributed by atoms with van der Waals surface area (Å²) in [4.78, 5) is 26.4. The first-order valence-electron chi connectivity index (χ1n) is 8.68. The van der Waals surface area contributed by atoms with Crippen LogP contribution in [0.25, 0.3) is 0 Å². The van der Waals surface area contributed by atoms with Crippen LogP contribution in [0.15, 0.2) is 30.3 Å². The number of urea groups is 1. The van der Waals surface area contributed by atoms with Gasteiger partial charge in [-0.05, 0) is 18.6 Å². The first-order chi connectivity index (χ1) is 12.2. The van der Waals surface area contributed by atoms with Crippen molar-refractivity contribution in [3.63, 3.8) is 0 Å². The number of carbonyl (C=O) groups is 2. The fourth-order valence-electron chi connectivity index (χ4n) is 2.77. The largest absolute Gasteiger partial charge is 0.488 e. The number of rotatable bonds is 8. The van der Waals surface area contributed by atoms with E-state index in [0.717, 1.165) is 12.2 Å². The molecular weight excluding hydrogens is 322 g/mol. The van der Waals surface area contributed by atoms with Crippen molar-refractivity contribution in [2.24, 2.45) is 0 Å². The molecule has 2 N–H and O–H groups in total. The highest BCUT2D eigenvalue weighted by atomic mass is 16.5. The maximum atomic E-state index is 12.5. The molecule has 25 heavy (non-hydrogen) atoms. The second-order valence-electron chi connectivity index (χ2n) is 5.97. The van der Waals surface area contributed by atoms with Crippen LogP contribution in [-0.4, -0.2) is 62.3 Å². The van der Waals surface area contributed by atoms with Gasteiger partial charge in [0, 0.05) is 26.6 Å². The highest BCUT2D eigenvalue weighted by Crippen LogP contribution is 2.23. The lowest BCUT2D eigenvalue weighted by Crippen LogP contribution is -2.50. The van der Waals surface area contributed by atoms with E-state index in [1.54, 1.807) is 12.0 Å². The van der Waals surface area contributed by atoms with Gasteiger partial charge in [-0.2, -0.15) is 0 Å². The fourth-order valence-corrected chi connectivity index (χ4v) is 2.77. The molecule has 1 aliphatic rings. The number of likely N-dealkylation sites (tertiary alicyclic amines) is 1. The first-order valence-corrected chi connectivity index (χ1v) is 8.68. The molecule has 1 saturated heterocycles. The number of methoxy groups -OCH3 is 1. The maximum Gasteiger partial charge on any atom is 0.318 e. The van der Waals surface area contributed by atoms with Crippen LogP contribution in [0.2, 0.25) is 0 Å². The molecular formula is C18H27N3O4. The van der Waals surface area contributed by atoms with Crippen molar-refractivity contribution < 1.29 is 19.1 Å². The predicted octanol–water partition coefficient (Wildman–Crippen LogP) is 1.39. The highest BCUT2D eigenvalue weighted by molar-refractivity contribution is 5.87. The summed E-state index contributed by atoms with van der Waals surface area (Å²) < 4.78 is 10.9. The molecule has 1 aromatic rings. The fraction of sp³-hybridized carbons (Fsp3) is 0.556. The van der Waals surface area contributed by atoms with Crippen molar-refractivity contribution in [2.45, 2.75) is 31.9 Å². The van der Waals surface area contributed by atoms with Crippen molar-refractivity contribution in [1.29, 1.82) is 0 Å². The lowest BCUT2D eigenvalue weighted by atomic mass is 10.2. The maximum absolute atomic E-state index is 12.5. The third-order valence-corrected chi connectivity index (χ3v) is 4.00. The number of benzene rings is 1. The van der Waals surface area contributed by atoms with E-state index in [1.807, 2.05) is 37.3 Å². The van der Waals surface area contributed by atoms with Gasteiger partial charge in [0.1, 0.15) is 17.9 Å².